The molecule has 0 bridgehead atoms. The summed E-state index contributed by atoms with van der Waals surface area (Å²) in [6.07, 6.45) is 3.53. The molecule has 0 aliphatic carbocycles. The number of hydrogen-bond acceptors (Lipinski definition) is 2. The van der Waals surface area contributed by atoms with Gasteiger partial charge in [-0.2, -0.15) is 0 Å². The molecule has 0 heterocycles. The number of benzene rings is 1. The molecule has 0 saturated heterocycles. The second-order valence-corrected chi connectivity index (χ2v) is 5.50. The van der Waals surface area contributed by atoms with Gasteiger partial charge in [-0.25, -0.2) is 0 Å². The molecular weight excluding hydrogens is 276 g/mol. The number of nitrogens with one attached hydrogen (secondary N) is 1. The van der Waals surface area contributed by atoms with Crippen molar-refractivity contribution in [3.63, 3.8) is 0 Å². The van der Waals surface area contributed by atoms with Crippen LogP contribution in [0.25, 0.3) is 0 Å². The highest BCUT2D eigenvalue weighted by atomic mass is 79.9. The van der Waals surface area contributed by atoms with Gasteiger partial charge < -0.3 is 0 Å². The Balaban J connectivity index is 2.82. The van der Waals surface area contributed by atoms with Gasteiger partial charge in [0.25, 0.3) is 0 Å². The first-order valence-electron chi connectivity index (χ1n) is 6.34. The zero-order valence-corrected chi connectivity index (χ0v) is 12.5. The summed E-state index contributed by atoms with van der Waals surface area (Å²) in [4.78, 5) is 0. The van der Waals surface area contributed by atoms with Crippen molar-refractivity contribution in [2.24, 2.45) is 11.8 Å². The molecule has 1 aromatic rings. The quantitative estimate of drug-likeness (QED) is 0.613. The number of nitrogens with two attached hydrogens (primary N) is 1. The third-order valence-corrected chi connectivity index (χ3v) is 4.40. The van der Waals surface area contributed by atoms with E-state index in [2.05, 4.69) is 60.3 Å². The van der Waals surface area contributed by atoms with Crippen LogP contribution in [0.3, 0.4) is 0 Å². The van der Waals surface area contributed by atoms with Crippen LogP contribution in [0.1, 0.15) is 50.3 Å². The lowest BCUT2D eigenvalue weighted by molar-refractivity contribution is 0.375. The van der Waals surface area contributed by atoms with Gasteiger partial charge in [0, 0.05) is 10.5 Å². The smallest absolute Gasteiger partial charge is 0.0462 e. The summed E-state index contributed by atoms with van der Waals surface area (Å²) in [6.45, 7) is 6.60. The first-order chi connectivity index (χ1) is 8.12. The Morgan fingerprint density at radius 1 is 1.29 bits per heavy atom. The van der Waals surface area contributed by atoms with Crippen molar-refractivity contribution >= 4 is 15.9 Å². The van der Waals surface area contributed by atoms with Crippen LogP contribution in [0.15, 0.2) is 22.7 Å². The number of hydrazine groups is 1. The molecule has 0 fully saturated rings. The minimum absolute atomic E-state index is 0.256. The summed E-state index contributed by atoms with van der Waals surface area (Å²) < 4.78 is 1.15. The Morgan fingerprint density at radius 3 is 2.41 bits per heavy atom. The van der Waals surface area contributed by atoms with E-state index in [1.54, 1.807) is 0 Å². The van der Waals surface area contributed by atoms with Gasteiger partial charge in [0.05, 0.1) is 0 Å². The maximum absolute atomic E-state index is 5.69. The van der Waals surface area contributed by atoms with E-state index in [-0.39, 0.29) is 6.04 Å². The maximum Gasteiger partial charge on any atom is 0.0462 e. The highest BCUT2D eigenvalue weighted by Gasteiger charge is 2.15. The van der Waals surface area contributed by atoms with Crippen LogP contribution in [-0.4, -0.2) is 0 Å². The Kier molecular flexibility index (Phi) is 6.17. The fraction of sp³-hybridized carbons (Fsp3) is 0.571. The molecule has 0 amide bonds. The highest BCUT2D eigenvalue weighted by molar-refractivity contribution is 9.10. The standard InChI is InChI=1S/C14H23BrN2/c1-4-11(5-2)9-14(17-16)12-6-7-13(15)10(3)8-12/h6-8,11,14,17H,4-5,9,16H2,1-3H3. The summed E-state index contributed by atoms with van der Waals surface area (Å²) in [5.41, 5.74) is 5.48. The second kappa shape index (κ2) is 7.14. The van der Waals surface area contributed by atoms with Crippen molar-refractivity contribution in [2.45, 2.75) is 46.1 Å². The van der Waals surface area contributed by atoms with E-state index >= 15 is 0 Å². The third kappa shape index (κ3) is 4.09. The van der Waals surface area contributed by atoms with E-state index in [9.17, 15) is 0 Å². The number of rotatable bonds is 6. The molecule has 3 N–H and O–H groups in total. The van der Waals surface area contributed by atoms with Gasteiger partial charge in [0.15, 0.2) is 0 Å². The van der Waals surface area contributed by atoms with Crippen molar-refractivity contribution in [2.75, 3.05) is 0 Å². The Hall–Kier alpha value is -0.380. The molecule has 1 unspecified atom stereocenters. The summed E-state index contributed by atoms with van der Waals surface area (Å²) in [6, 6.07) is 6.70. The van der Waals surface area contributed by atoms with Gasteiger partial charge in [0.2, 0.25) is 0 Å². The van der Waals surface area contributed by atoms with Crippen LogP contribution in [0.2, 0.25) is 0 Å². The number of halogens is 1. The Labute approximate surface area is 113 Å². The van der Waals surface area contributed by atoms with Crippen LogP contribution >= 0.6 is 15.9 Å². The van der Waals surface area contributed by atoms with E-state index in [4.69, 9.17) is 5.84 Å². The van der Waals surface area contributed by atoms with Crippen LogP contribution in [0, 0.1) is 12.8 Å². The fourth-order valence-corrected chi connectivity index (χ4v) is 2.39. The molecule has 0 radical (unpaired) electrons. The lowest BCUT2D eigenvalue weighted by Crippen LogP contribution is -2.29. The third-order valence-electron chi connectivity index (χ3n) is 3.51. The van der Waals surface area contributed by atoms with Gasteiger partial charge in [-0.3, -0.25) is 11.3 Å². The fourth-order valence-electron chi connectivity index (χ4n) is 2.14. The van der Waals surface area contributed by atoms with Crippen molar-refractivity contribution in [1.82, 2.24) is 5.43 Å². The Morgan fingerprint density at radius 2 is 1.94 bits per heavy atom. The highest BCUT2D eigenvalue weighted by Crippen LogP contribution is 2.27. The number of aryl methyl sites for hydroxylation is 1. The van der Waals surface area contributed by atoms with Crippen molar-refractivity contribution in [3.8, 4) is 0 Å². The average Bonchev–Trinajstić information content (AvgIpc) is 2.35. The molecule has 0 aliphatic heterocycles. The molecule has 1 atom stereocenters. The van der Waals surface area contributed by atoms with Gasteiger partial charge in [0.1, 0.15) is 0 Å². The van der Waals surface area contributed by atoms with Crippen molar-refractivity contribution in [3.05, 3.63) is 33.8 Å². The van der Waals surface area contributed by atoms with Gasteiger partial charge in [-0.15, -0.1) is 0 Å². The van der Waals surface area contributed by atoms with Crippen LogP contribution in [-0.2, 0) is 0 Å². The molecule has 96 valence electrons. The van der Waals surface area contributed by atoms with Gasteiger partial charge in [-0.05, 0) is 36.5 Å². The minimum atomic E-state index is 0.256. The SMILES string of the molecule is CCC(CC)CC(NN)c1ccc(Br)c(C)c1. The first kappa shape index (κ1) is 14.7. The first-order valence-corrected chi connectivity index (χ1v) is 7.13. The predicted octanol–water partition coefficient (Wildman–Crippen LogP) is 4.09. The molecule has 0 spiro atoms. The molecule has 17 heavy (non-hydrogen) atoms. The summed E-state index contributed by atoms with van der Waals surface area (Å²) in [7, 11) is 0. The van der Waals surface area contributed by atoms with Crippen molar-refractivity contribution < 1.29 is 0 Å². The minimum Gasteiger partial charge on any atom is -0.271 e. The zero-order chi connectivity index (χ0) is 12.8. The lowest BCUT2D eigenvalue weighted by atomic mass is 9.91. The van der Waals surface area contributed by atoms with E-state index in [1.165, 1.54) is 24.0 Å². The lowest BCUT2D eigenvalue weighted by Gasteiger charge is -2.22. The summed E-state index contributed by atoms with van der Waals surface area (Å²) >= 11 is 3.53. The van der Waals surface area contributed by atoms with Crippen LogP contribution in [0.4, 0.5) is 0 Å². The van der Waals surface area contributed by atoms with Crippen molar-refractivity contribution in [1.29, 1.82) is 0 Å². The van der Waals surface area contributed by atoms with E-state index in [1.807, 2.05) is 0 Å². The van der Waals surface area contributed by atoms with E-state index < -0.39 is 0 Å². The molecule has 2 nitrogen and oxygen atoms in total. The molecule has 1 aromatic carbocycles. The molecule has 0 saturated carbocycles. The molecule has 0 aliphatic rings. The summed E-state index contributed by atoms with van der Waals surface area (Å²) in [5, 5.41) is 0. The number of hydrogen-bond donors (Lipinski definition) is 2. The zero-order valence-electron chi connectivity index (χ0n) is 11.0. The average molecular weight is 299 g/mol. The topological polar surface area (TPSA) is 38.0 Å². The molecule has 1 rings (SSSR count). The molecule has 0 aromatic heterocycles. The normalized spacial score (nSPS) is 13.1. The van der Waals surface area contributed by atoms with E-state index in [0.29, 0.717) is 0 Å². The molecular formula is C14H23BrN2. The van der Waals surface area contributed by atoms with Gasteiger partial charge in [-0.1, -0.05) is 54.8 Å². The monoisotopic (exact) mass is 298 g/mol. The predicted molar refractivity (Wildman–Crippen MR) is 77.6 cm³/mol. The van der Waals surface area contributed by atoms with Crippen LogP contribution in [0.5, 0.6) is 0 Å². The van der Waals surface area contributed by atoms with Gasteiger partial charge >= 0.3 is 0 Å². The second-order valence-electron chi connectivity index (χ2n) is 4.65. The maximum atomic E-state index is 5.69. The molecule has 3 heteroatoms. The van der Waals surface area contributed by atoms with E-state index in [0.717, 1.165) is 16.8 Å². The van der Waals surface area contributed by atoms with Crippen LogP contribution < -0.4 is 11.3 Å². The summed E-state index contributed by atoms with van der Waals surface area (Å²) in [5.74, 6) is 6.43. The Bertz CT molecular complexity index is 348. The largest absolute Gasteiger partial charge is 0.271 e.